The van der Waals surface area contributed by atoms with Crippen LogP contribution in [0.1, 0.15) is 16.8 Å². The predicted octanol–water partition coefficient (Wildman–Crippen LogP) is 3.62. The minimum absolute atomic E-state index is 0.358. The Bertz CT molecular complexity index is 511. The molecule has 2 rings (SSSR count). The number of alkyl halides is 1. The van der Waals surface area contributed by atoms with Crippen molar-refractivity contribution >= 4 is 11.6 Å². The zero-order chi connectivity index (χ0) is 12.3. The molecule has 0 radical (unpaired) electrons. The van der Waals surface area contributed by atoms with E-state index in [4.69, 9.17) is 16.3 Å². The molecule has 0 bridgehead atoms. The molecule has 0 aliphatic rings. The van der Waals surface area contributed by atoms with Gasteiger partial charge in [0.15, 0.2) is 0 Å². The molecule has 1 heterocycles. The first kappa shape index (κ1) is 11.9. The summed E-state index contributed by atoms with van der Waals surface area (Å²) in [4.78, 5) is 8.24. The maximum Gasteiger partial charge on any atom is 0.237 e. The average molecular weight is 249 g/mol. The normalized spacial score (nSPS) is 10.3. The van der Waals surface area contributed by atoms with Crippen molar-refractivity contribution in [3.63, 3.8) is 0 Å². The topological polar surface area (TPSA) is 35.0 Å². The Morgan fingerprint density at radius 1 is 1.12 bits per heavy atom. The molecule has 2 aromatic rings. The molecule has 0 saturated carbocycles. The van der Waals surface area contributed by atoms with Gasteiger partial charge in [0.05, 0.1) is 24.0 Å². The minimum atomic E-state index is 0.358. The Morgan fingerprint density at radius 3 is 2.53 bits per heavy atom. The first-order valence-electron chi connectivity index (χ1n) is 5.31. The number of rotatable bonds is 3. The van der Waals surface area contributed by atoms with E-state index in [0.29, 0.717) is 11.8 Å². The van der Waals surface area contributed by atoms with Crippen LogP contribution in [-0.2, 0) is 5.88 Å². The van der Waals surface area contributed by atoms with Crippen LogP contribution in [-0.4, -0.2) is 9.97 Å². The predicted molar refractivity (Wildman–Crippen MR) is 67.6 cm³/mol. The van der Waals surface area contributed by atoms with Crippen molar-refractivity contribution in [1.29, 1.82) is 0 Å². The fourth-order valence-corrected chi connectivity index (χ4v) is 1.50. The molecule has 0 N–H and O–H groups in total. The van der Waals surface area contributed by atoms with Crippen LogP contribution in [0, 0.1) is 13.8 Å². The van der Waals surface area contributed by atoms with Gasteiger partial charge in [-0.05, 0) is 37.1 Å². The van der Waals surface area contributed by atoms with E-state index in [2.05, 4.69) is 16.9 Å². The molecule has 0 atom stereocenters. The number of halogens is 1. The third-order valence-corrected chi connectivity index (χ3v) is 2.79. The van der Waals surface area contributed by atoms with Crippen LogP contribution < -0.4 is 4.74 Å². The van der Waals surface area contributed by atoms with Crippen molar-refractivity contribution in [1.82, 2.24) is 9.97 Å². The lowest BCUT2D eigenvalue weighted by molar-refractivity contribution is 0.459. The lowest BCUT2D eigenvalue weighted by Gasteiger charge is -2.06. The summed E-state index contributed by atoms with van der Waals surface area (Å²) in [6, 6.07) is 5.91. The zero-order valence-corrected chi connectivity index (χ0v) is 10.5. The van der Waals surface area contributed by atoms with Gasteiger partial charge in [-0.25, -0.2) is 4.98 Å². The molecule has 0 spiro atoms. The molecule has 0 amide bonds. The number of aromatic nitrogens is 2. The smallest absolute Gasteiger partial charge is 0.237 e. The summed E-state index contributed by atoms with van der Waals surface area (Å²) in [7, 11) is 0. The van der Waals surface area contributed by atoms with E-state index >= 15 is 0 Å². The van der Waals surface area contributed by atoms with Gasteiger partial charge in [-0.1, -0.05) is 6.07 Å². The van der Waals surface area contributed by atoms with Crippen molar-refractivity contribution in [2.45, 2.75) is 19.7 Å². The van der Waals surface area contributed by atoms with Crippen LogP contribution in [0.2, 0.25) is 0 Å². The quantitative estimate of drug-likeness (QED) is 0.778. The molecule has 1 aromatic carbocycles. The first-order valence-corrected chi connectivity index (χ1v) is 5.84. The van der Waals surface area contributed by atoms with Crippen molar-refractivity contribution in [2.24, 2.45) is 0 Å². The van der Waals surface area contributed by atoms with Crippen molar-refractivity contribution in [2.75, 3.05) is 0 Å². The molecule has 1 aromatic heterocycles. The number of benzene rings is 1. The molecular weight excluding hydrogens is 236 g/mol. The van der Waals surface area contributed by atoms with Gasteiger partial charge in [-0.15, -0.1) is 11.6 Å². The highest BCUT2D eigenvalue weighted by atomic mass is 35.5. The first-order chi connectivity index (χ1) is 8.19. The van der Waals surface area contributed by atoms with Gasteiger partial charge in [-0.3, -0.25) is 4.98 Å². The van der Waals surface area contributed by atoms with E-state index in [9.17, 15) is 0 Å². The highest BCUT2D eigenvalue weighted by molar-refractivity contribution is 6.16. The van der Waals surface area contributed by atoms with Crippen LogP contribution >= 0.6 is 11.6 Å². The van der Waals surface area contributed by atoms with E-state index in [1.165, 1.54) is 11.1 Å². The maximum atomic E-state index is 5.63. The van der Waals surface area contributed by atoms with Gasteiger partial charge >= 0.3 is 0 Å². The molecule has 0 fully saturated rings. The molecule has 4 heteroatoms. The second kappa shape index (κ2) is 5.15. The average Bonchev–Trinajstić information content (AvgIpc) is 2.35. The van der Waals surface area contributed by atoms with Crippen LogP contribution in [0.15, 0.2) is 30.6 Å². The Balaban J connectivity index is 2.16. The largest absolute Gasteiger partial charge is 0.437 e. The van der Waals surface area contributed by atoms with Gasteiger partial charge in [0.25, 0.3) is 0 Å². The van der Waals surface area contributed by atoms with Gasteiger partial charge in [0.1, 0.15) is 5.75 Å². The van der Waals surface area contributed by atoms with Gasteiger partial charge in [0.2, 0.25) is 5.88 Å². The Kier molecular flexibility index (Phi) is 3.59. The Hall–Kier alpha value is -1.61. The van der Waals surface area contributed by atoms with Crippen LogP contribution in [0.25, 0.3) is 0 Å². The summed E-state index contributed by atoms with van der Waals surface area (Å²) >= 11 is 5.63. The highest BCUT2D eigenvalue weighted by Crippen LogP contribution is 2.21. The van der Waals surface area contributed by atoms with E-state index in [-0.39, 0.29) is 0 Å². The summed E-state index contributed by atoms with van der Waals surface area (Å²) in [6.45, 7) is 4.11. The molecule has 17 heavy (non-hydrogen) atoms. The standard InChI is InChI=1S/C13H13ClN2O/c1-9-3-4-12(5-10(9)2)17-13-8-15-11(6-14)7-16-13/h3-5,7-8H,6H2,1-2H3. The van der Waals surface area contributed by atoms with E-state index < -0.39 is 0 Å². The fraction of sp³-hybridized carbons (Fsp3) is 0.231. The number of hydrogen-bond donors (Lipinski definition) is 0. The number of hydrogen-bond acceptors (Lipinski definition) is 3. The lowest BCUT2D eigenvalue weighted by atomic mass is 10.1. The number of aryl methyl sites for hydroxylation is 2. The van der Waals surface area contributed by atoms with Crippen LogP contribution in [0.3, 0.4) is 0 Å². The third-order valence-electron chi connectivity index (χ3n) is 2.52. The van der Waals surface area contributed by atoms with Gasteiger partial charge in [0, 0.05) is 0 Å². The van der Waals surface area contributed by atoms with Crippen molar-refractivity contribution in [3.8, 4) is 11.6 Å². The Morgan fingerprint density at radius 2 is 1.94 bits per heavy atom. The summed E-state index contributed by atoms with van der Waals surface area (Å²) in [5.74, 6) is 1.60. The molecular formula is C13H13ClN2O. The second-order valence-corrected chi connectivity index (χ2v) is 4.09. The lowest BCUT2D eigenvalue weighted by Crippen LogP contribution is -1.92. The number of ether oxygens (including phenoxy) is 1. The zero-order valence-electron chi connectivity index (χ0n) is 9.77. The van der Waals surface area contributed by atoms with Crippen LogP contribution in [0.5, 0.6) is 11.6 Å². The fourth-order valence-electron chi connectivity index (χ4n) is 1.36. The number of nitrogens with zero attached hydrogens (tertiary/aromatic N) is 2. The summed E-state index contributed by atoms with van der Waals surface area (Å²) in [5.41, 5.74) is 3.16. The summed E-state index contributed by atoms with van der Waals surface area (Å²) in [6.07, 6.45) is 3.19. The monoisotopic (exact) mass is 248 g/mol. The molecule has 0 aliphatic heterocycles. The minimum Gasteiger partial charge on any atom is -0.437 e. The van der Waals surface area contributed by atoms with Gasteiger partial charge in [-0.2, -0.15) is 0 Å². The molecule has 0 aliphatic carbocycles. The molecule has 0 saturated heterocycles. The van der Waals surface area contributed by atoms with E-state index in [0.717, 1.165) is 11.4 Å². The van der Waals surface area contributed by atoms with E-state index in [1.54, 1.807) is 12.4 Å². The second-order valence-electron chi connectivity index (χ2n) is 3.83. The van der Waals surface area contributed by atoms with E-state index in [1.807, 2.05) is 25.1 Å². The summed E-state index contributed by atoms with van der Waals surface area (Å²) < 4.78 is 5.60. The molecule has 0 unspecified atom stereocenters. The third kappa shape index (κ3) is 2.94. The molecule has 88 valence electrons. The Labute approximate surface area is 105 Å². The van der Waals surface area contributed by atoms with Gasteiger partial charge < -0.3 is 4.74 Å². The van der Waals surface area contributed by atoms with Crippen LogP contribution in [0.4, 0.5) is 0 Å². The van der Waals surface area contributed by atoms with Crippen molar-refractivity contribution < 1.29 is 4.74 Å². The maximum absolute atomic E-state index is 5.63. The summed E-state index contributed by atoms with van der Waals surface area (Å²) in [5, 5.41) is 0. The molecule has 3 nitrogen and oxygen atoms in total. The van der Waals surface area contributed by atoms with Crippen molar-refractivity contribution in [3.05, 3.63) is 47.4 Å². The highest BCUT2D eigenvalue weighted by Gasteiger charge is 2.01. The SMILES string of the molecule is Cc1ccc(Oc2cnc(CCl)cn2)cc1C.